The van der Waals surface area contributed by atoms with Gasteiger partial charge in [0.15, 0.2) is 0 Å². The van der Waals surface area contributed by atoms with Crippen molar-refractivity contribution in [1.82, 2.24) is 5.32 Å². The van der Waals surface area contributed by atoms with Crippen molar-refractivity contribution < 1.29 is 14.3 Å². The number of nitrogens with one attached hydrogen (secondary N) is 2. The largest absolute Gasteiger partial charge is 0.449 e. The van der Waals surface area contributed by atoms with E-state index in [4.69, 9.17) is 16.3 Å². The Morgan fingerprint density at radius 1 is 0.969 bits per heavy atom. The zero-order valence-corrected chi connectivity index (χ0v) is 18.2. The maximum atomic E-state index is 12.5. The first kappa shape index (κ1) is 21.7. The first-order valence-corrected chi connectivity index (χ1v) is 10.9. The molecule has 0 aliphatic carbocycles. The fourth-order valence-corrected chi connectivity index (χ4v) is 3.91. The fourth-order valence-electron chi connectivity index (χ4n) is 3.78. The molecule has 7 heteroatoms. The normalized spacial score (nSPS) is 14.9. The van der Waals surface area contributed by atoms with Crippen LogP contribution in [0.4, 0.5) is 21.9 Å². The van der Waals surface area contributed by atoms with Crippen molar-refractivity contribution in [2.75, 3.05) is 23.4 Å². The van der Waals surface area contributed by atoms with Crippen LogP contribution in [-0.4, -0.2) is 25.2 Å². The molecule has 4 rings (SSSR count). The summed E-state index contributed by atoms with van der Waals surface area (Å²) in [6.45, 7) is 0.773. The van der Waals surface area contributed by atoms with Crippen molar-refractivity contribution in [2.45, 2.75) is 18.9 Å². The number of ether oxygens (including phenoxy) is 1. The van der Waals surface area contributed by atoms with Gasteiger partial charge in [0.05, 0.1) is 12.5 Å². The van der Waals surface area contributed by atoms with Gasteiger partial charge in [-0.1, -0.05) is 48.0 Å². The Hall–Kier alpha value is -3.51. The summed E-state index contributed by atoms with van der Waals surface area (Å²) < 4.78 is 5.13. The summed E-state index contributed by atoms with van der Waals surface area (Å²) >= 11 is 6.03. The lowest BCUT2D eigenvalue weighted by Gasteiger charge is -2.36. The third-order valence-electron chi connectivity index (χ3n) is 5.30. The molecular weight excluding hydrogens is 426 g/mol. The van der Waals surface area contributed by atoms with E-state index in [1.54, 1.807) is 12.1 Å². The Morgan fingerprint density at radius 2 is 1.69 bits per heavy atom. The Kier molecular flexibility index (Phi) is 6.92. The molecule has 0 bridgehead atoms. The molecule has 32 heavy (non-hydrogen) atoms. The molecule has 1 heterocycles. The number of carbonyl (C=O) groups excluding carboxylic acids is 2. The smallest absolute Gasteiger partial charge is 0.411 e. The van der Waals surface area contributed by atoms with E-state index < -0.39 is 6.09 Å². The lowest BCUT2D eigenvalue weighted by atomic mass is 9.95. The van der Waals surface area contributed by atoms with Crippen LogP contribution in [0.1, 0.15) is 24.4 Å². The Labute approximate surface area is 192 Å². The molecule has 0 spiro atoms. The number of hydrogen-bond acceptors (Lipinski definition) is 4. The molecule has 1 atom stereocenters. The third kappa shape index (κ3) is 5.39. The maximum absolute atomic E-state index is 12.5. The Balaban J connectivity index is 1.32. The number of halogens is 1. The van der Waals surface area contributed by atoms with Gasteiger partial charge in [0.1, 0.15) is 6.61 Å². The molecule has 2 amide bonds. The average Bonchev–Trinajstić information content (AvgIpc) is 2.81. The van der Waals surface area contributed by atoms with Crippen LogP contribution < -0.4 is 15.5 Å². The number of hydrogen-bond donors (Lipinski definition) is 2. The fraction of sp³-hybridized carbons (Fsp3) is 0.200. The second-order valence-electron chi connectivity index (χ2n) is 7.47. The number of amides is 2. The SMILES string of the molecule is O=C(CCOC(=O)Nc1ccccc1)NC1CCN(c2ccc(Cl)cc2)c2ccccc21. The number of nitrogens with zero attached hydrogens (tertiary/aromatic N) is 1. The number of anilines is 3. The molecule has 1 aliphatic heterocycles. The Bertz CT molecular complexity index is 1070. The minimum atomic E-state index is -0.578. The van der Waals surface area contributed by atoms with Crippen LogP contribution in [0.2, 0.25) is 5.02 Å². The van der Waals surface area contributed by atoms with E-state index in [0.717, 1.165) is 29.9 Å². The quantitative estimate of drug-likeness (QED) is 0.508. The van der Waals surface area contributed by atoms with Crippen molar-refractivity contribution in [3.63, 3.8) is 0 Å². The molecule has 1 aliphatic rings. The van der Waals surface area contributed by atoms with Gasteiger partial charge in [0.25, 0.3) is 0 Å². The molecule has 3 aromatic carbocycles. The molecule has 0 saturated carbocycles. The predicted octanol–water partition coefficient (Wildman–Crippen LogP) is 5.68. The standard InChI is InChI=1S/C25H24ClN3O3/c26-18-10-12-20(13-11-18)29-16-14-22(21-8-4-5-9-23(21)29)28-24(30)15-17-32-25(31)27-19-6-2-1-3-7-19/h1-13,22H,14-17H2,(H,27,31)(H,28,30). The summed E-state index contributed by atoms with van der Waals surface area (Å²) in [5, 5.41) is 6.41. The molecule has 0 fully saturated rings. The van der Waals surface area contributed by atoms with Crippen LogP contribution in [0.3, 0.4) is 0 Å². The van der Waals surface area contributed by atoms with Crippen molar-refractivity contribution in [3.05, 3.63) is 89.4 Å². The molecule has 0 radical (unpaired) electrons. The zero-order valence-electron chi connectivity index (χ0n) is 17.5. The summed E-state index contributed by atoms with van der Waals surface area (Å²) in [6, 6.07) is 24.7. The van der Waals surface area contributed by atoms with Crippen molar-refractivity contribution >= 4 is 40.7 Å². The molecule has 6 nitrogen and oxygen atoms in total. The van der Waals surface area contributed by atoms with Gasteiger partial charge in [-0.3, -0.25) is 10.1 Å². The molecule has 2 N–H and O–H groups in total. The van der Waals surface area contributed by atoms with Crippen LogP contribution >= 0.6 is 11.6 Å². The lowest BCUT2D eigenvalue weighted by Crippen LogP contribution is -2.36. The van der Waals surface area contributed by atoms with Gasteiger partial charge in [-0.25, -0.2) is 4.79 Å². The van der Waals surface area contributed by atoms with Crippen LogP contribution in [0.5, 0.6) is 0 Å². The summed E-state index contributed by atoms with van der Waals surface area (Å²) in [5.41, 5.74) is 3.82. The van der Waals surface area contributed by atoms with E-state index >= 15 is 0 Å². The molecule has 0 saturated heterocycles. The molecule has 1 unspecified atom stereocenters. The summed E-state index contributed by atoms with van der Waals surface area (Å²) in [5.74, 6) is -0.155. The highest BCUT2D eigenvalue weighted by Gasteiger charge is 2.26. The third-order valence-corrected chi connectivity index (χ3v) is 5.55. The first-order chi connectivity index (χ1) is 15.6. The van der Waals surface area contributed by atoms with Gasteiger partial charge in [0.2, 0.25) is 5.91 Å². The van der Waals surface area contributed by atoms with Crippen LogP contribution in [0, 0.1) is 0 Å². The van der Waals surface area contributed by atoms with Gasteiger partial charge in [-0.05, 0) is 54.4 Å². The zero-order chi connectivity index (χ0) is 22.3. The average molecular weight is 450 g/mol. The minimum Gasteiger partial charge on any atom is -0.449 e. The van der Waals surface area contributed by atoms with Gasteiger partial charge in [0, 0.05) is 28.6 Å². The number of fused-ring (bicyclic) bond motifs is 1. The van der Waals surface area contributed by atoms with E-state index in [0.29, 0.717) is 10.7 Å². The second-order valence-corrected chi connectivity index (χ2v) is 7.91. The summed E-state index contributed by atoms with van der Waals surface area (Å²) in [4.78, 5) is 26.6. The number of rotatable bonds is 6. The molecule has 0 aromatic heterocycles. The van der Waals surface area contributed by atoms with Crippen LogP contribution in [-0.2, 0) is 9.53 Å². The Morgan fingerprint density at radius 3 is 2.47 bits per heavy atom. The first-order valence-electron chi connectivity index (χ1n) is 10.5. The summed E-state index contributed by atoms with van der Waals surface area (Å²) in [7, 11) is 0. The minimum absolute atomic E-state index is 0.00969. The van der Waals surface area contributed by atoms with E-state index in [-0.39, 0.29) is 25.0 Å². The maximum Gasteiger partial charge on any atom is 0.411 e. The van der Waals surface area contributed by atoms with Gasteiger partial charge in [-0.15, -0.1) is 0 Å². The monoisotopic (exact) mass is 449 g/mol. The number of benzene rings is 3. The second kappa shape index (κ2) is 10.2. The summed E-state index contributed by atoms with van der Waals surface area (Å²) in [6.07, 6.45) is 0.285. The van der Waals surface area contributed by atoms with Crippen LogP contribution in [0.15, 0.2) is 78.9 Å². The lowest BCUT2D eigenvalue weighted by molar-refractivity contribution is -0.122. The highest BCUT2D eigenvalue weighted by atomic mass is 35.5. The molecule has 3 aromatic rings. The van der Waals surface area contributed by atoms with Gasteiger partial charge in [-0.2, -0.15) is 0 Å². The van der Waals surface area contributed by atoms with E-state index in [2.05, 4.69) is 21.6 Å². The number of carbonyl (C=O) groups is 2. The predicted molar refractivity (Wildman–Crippen MR) is 126 cm³/mol. The van der Waals surface area contributed by atoms with Gasteiger partial charge < -0.3 is 15.0 Å². The van der Waals surface area contributed by atoms with E-state index in [1.165, 1.54) is 0 Å². The van der Waals surface area contributed by atoms with Crippen molar-refractivity contribution in [2.24, 2.45) is 0 Å². The molecule has 164 valence electrons. The highest BCUT2D eigenvalue weighted by Crippen LogP contribution is 2.38. The van der Waals surface area contributed by atoms with E-state index in [9.17, 15) is 9.59 Å². The highest BCUT2D eigenvalue weighted by molar-refractivity contribution is 6.30. The van der Waals surface area contributed by atoms with Crippen molar-refractivity contribution in [1.29, 1.82) is 0 Å². The molecular formula is C25H24ClN3O3. The number of para-hydroxylation sites is 2. The van der Waals surface area contributed by atoms with E-state index in [1.807, 2.05) is 60.7 Å². The van der Waals surface area contributed by atoms with Gasteiger partial charge >= 0.3 is 6.09 Å². The van der Waals surface area contributed by atoms with Crippen molar-refractivity contribution in [3.8, 4) is 0 Å². The topological polar surface area (TPSA) is 70.7 Å². The van der Waals surface area contributed by atoms with Crippen LogP contribution in [0.25, 0.3) is 0 Å².